The Morgan fingerprint density at radius 3 is 2.81 bits per heavy atom. The first-order chi connectivity index (χ1) is 7.59. The molecule has 5 nitrogen and oxygen atoms in total. The van der Waals surface area contributed by atoms with Crippen molar-refractivity contribution in [1.82, 2.24) is 9.55 Å². The number of benzene rings is 1. The number of aryl methyl sites for hydroxylation is 1. The second-order valence-electron chi connectivity index (χ2n) is 3.43. The van der Waals surface area contributed by atoms with E-state index < -0.39 is 5.97 Å². The zero-order valence-electron chi connectivity index (χ0n) is 8.71. The van der Waals surface area contributed by atoms with Crippen molar-refractivity contribution in [3.63, 3.8) is 0 Å². The van der Waals surface area contributed by atoms with E-state index in [2.05, 4.69) is 4.98 Å². The van der Waals surface area contributed by atoms with Crippen LogP contribution in [0.4, 0.5) is 5.69 Å². The topological polar surface area (TPSA) is 81.1 Å². The molecule has 0 fully saturated rings. The van der Waals surface area contributed by atoms with Gasteiger partial charge in [0.2, 0.25) is 0 Å². The number of carboxylic acids is 1. The van der Waals surface area contributed by atoms with Crippen LogP contribution >= 0.6 is 0 Å². The molecule has 0 amide bonds. The number of rotatable bonds is 2. The van der Waals surface area contributed by atoms with E-state index in [1.165, 1.54) is 6.07 Å². The minimum absolute atomic E-state index is 0.204. The second kappa shape index (κ2) is 3.69. The molecule has 1 aromatic carbocycles. The maximum absolute atomic E-state index is 11.1. The van der Waals surface area contributed by atoms with Crippen LogP contribution < -0.4 is 5.73 Å². The lowest BCUT2D eigenvalue weighted by Crippen LogP contribution is -2.06. The van der Waals surface area contributed by atoms with Gasteiger partial charge >= 0.3 is 5.97 Å². The molecule has 0 saturated heterocycles. The van der Waals surface area contributed by atoms with Crippen LogP contribution in [0.25, 0.3) is 5.69 Å². The Hall–Kier alpha value is -2.30. The van der Waals surface area contributed by atoms with Gasteiger partial charge in [-0.3, -0.25) is 0 Å². The van der Waals surface area contributed by atoms with Crippen molar-refractivity contribution in [3.05, 3.63) is 42.0 Å². The molecule has 0 bridgehead atoms. The van der Waals surface area contributed by atoms with Crippen LogP contribution in [0, 0.1) is 6.92 Å². The Morgan fingerprint density at radius 2 is 2.25 bits per heavy atom. The summed E-state index contributed by atoms with van der Waals surface area (Å²) in [5.74, 6) is -0.267. The Bertz CT molecular complexity index is 546. The van der Waals surface area contributed by atoms with E-state index in [4.69, 9.17) is 10.8 Å². The average molecular weight is 217 g/mol. The number of imidazole rings is 1. The van der Waals surface area contributed by atoms with Crippen LogP contribution in [0.3, 0.4) is 0 Å². The summed E-state index contributed by atoms with van der Waals surface area (Å²) in [7, 11) is 0. The fraction of sp³-hybridized carbons (Fsp3) is 0.0909. The summed E-state index contributed by atoms with van der Waals surface area (Å²) in [5.41, 5.74) is 6.91. The van der Waals surface area contributed by atoms with Crippen LogP contribution in [0.1, 0.15) is 16.2 Å². The third-order valence-corrected chi connectivity index (χ3v) is 2.34. The molecule has 1 heterocycles. The molecule has 0 unspecified atom stereocenters. The first-order valence-electron chi connectivity index (χ1n) is 4.72. The van der Waals surface area contributed by atoms with Gasteiger partial charge in [-0.15, -0.1) is 0 Å². The highest BCUT2D eigenvalue weighted by Gasteiger charge is 2.12. The van der Waals surface area contributed by atoms with E-state index in [1.807, 2.05) is 0 Å². The first-order valence-corrected chi connectivity index (χ1v) is 4.72. The van der Waals surface area contributed by atoms with Crippen LogP contribution in [0.5, 0.6) is 0 Å². The van der Waals surface area contributed by atoms with Crippen LogP contribution in [0.15, 0.2) is 30.6 Å². The fourth-order valence-corrected chi connectivity index (χ4v) is 1.56. The molecule has 3 N–H and O–H groups in total. The molecule has 0 aliphatic heterocycles. The molecule has 5 heteroatoms. The van der Waals surface area contributed by atoms with Gasteiger partial charge in [-0.2, -0.15) is 0 Å². The van der Waals surface area contributed by atoms with Crippen LogP contribution in [-0.2, 0) is 0 Å². The third kappa shape index (κ3) is 1.63. The van der Waals surface area contributed by atoms with E-state index >= 15 is 0 Å². The summed E-state index contributed by atoms with van der Waals surface area (Å²) in [6.07, 6.45) is 3.32. The van der Waals surface area contributed by atoms with Gasteiger partial charge in [0.1, 0.15) is 5.82 Å². The molecule has 16 heavy (non-hydrogen) atoms. The third-order valence-electron chi connectivity index (χ3n) is 2.34. The lowest BCUT2D eigenvalue weighted by Gasteiger charge is -2.09. The number of hydrogen-bond donors (Lipinski definition) is 2. The lowest BCUT2D eigenvalue weighted by atomic mass is 10.1. The first kappa shape index (κ1) is 10.2. The average Bonchev–Trinajstić information content (AvgIpc) is 2.63. The molecule has 2 rings (SSSR count). The van der Waals surface area contributed by atoms with Crippen molar-refractivity contribution in [2.45, 2.75) is 6.92 Å². The summed E-state index contributed by atoms with van der Waals surface area (Å²) in [4.78, 5) is 15.1. The largest absolute Gasteiger partial charge is 0.478 e. The summed E-state index contributed by atoms with van der Waals surface area (Å²) in [5, 5.41) is 9.07. The van der Waals surface area contributed by atoms with E-state index in [1.54, 1.807) is 36.0 Å². The van der Waals surface area contributed by atoms with E-state index in [0.29, 0.717) is 17.2 Å². The fourth-order valence-electron chi connectivity index (χ4n) is 1.56. The van der Waals surface area contributed by atoms with Gasteiger partial charge in [0.05, 0.1) is 11.3 Å². The molecule has 1 aromatic heterocycles. The zero-order valence-corrected chi connectivity index (χ0v) is 8.71. The normalized spacial score (nSPS) is 10.3. The number of nitrogens with zero attached hydrogens (tertiary/aromatic N) is 2. The monoisotopic (exact) mass is 217 g/mol. The number of carboxylic acid groups (broad SMARTS) is 1. The Morgan fingerprint density at radius 1 is 1.50 bits per heavy atom. The molecule has 82 valence electrons. The van der Waals surface area contributed by atoms with E-state index in [9.17, 15) is 4.79 Å². The maximum atomic E-state index is 11.1. The van der Waals surface area contributed by atoms with Gasteiger partial charge in [-0.1, -0.05) is 0 Å². The van der Waals surface area contributed by atoms with E-state index in [-0.39, 0.29) is 5.56 Å². The second-order valence-corrected chi connectivity index (χ2v) is 3.43. The number of nitrogen functional groups attached to an aromatic ring is 1. The summed E-state index contributed by atoms with van der Waals surface area (Å²) in [6, 6.07) is 4.68. The van der Waals surface area contributed by atoms with Crippen molar-refractivity contribution in [2.24, 2.45) is 0 Å². The molecule has 0 radical (unpaired) electrons. The minimum Gasteiger partial charge on any atom is -0.478 e. The molecule has 0 spiro atoms. The molecule has 0 aliphatic carbocycles. The highest BCUT2D eigenvalue weighted by atomic mass is 16.4. The number of nitrogens with two attached hydrogens (primary N) is 1. The van der Waals surface area contributed by atoms with Gasteiger partial charge in [-0.25, -0.2) is 9.78 Å². The SMILES string of the molecule is Cc1nccn1-c1cc(N)ccc1C(=O)O. The minimum atomic E-state index is -0.983. The molecule has 0 atom stereocenters. The summed E-state index contributed by atoms with van der Waals surface area (Å²) >= 11 is 0. The van der Waals surface area contributed by atoms with E-state index in [0.717, 1.165) is 0 Å². The standard InChI is InChI=1S/C11H11N3O2/c1-7-13-4-5-14(7)10-6-8(12)2-3-9(10)11(15)16/h2-6H,12H2,1H3,(H,15,16). The van der Waals surface area contributed by atoms with Gasteiger partial charge < -0.3 is 15.4 Å². The van der Waals surface area contributed by atoms with Crippen molar-refractivity contribution >= 4 is 11.7 Å². The summed E-state index contributed by atoms with van der Waals surface area (Å²) in [6.45, 7) is 1.80. The Kier molecular flexibility index (Phi) is 2.36. The van der Waals surface area contributed by atoms with Crippen LogP contribution in [0.2, 0.25) is 0 Å². The molecule has 0 saturated carbocycles. The highest BCUT2D eigenvalue weighted by molar-refractivity contribution is 5.92. The smallest absolute Gasteiger partial charge is 0.337 e. The Balaban J connectivity index is 2.67. The summed E-state index contributed by atoms with van der Waals surface area (Å²) < 4.78 is 1.69. The number of hydrogen-bond acceptors (Lipinski definition) is 3. The molecular weight excluding hydrogens is 206 g/mol. The Labute approximate surface area is 92.2 Å². The number of carbonyl (C=O) groups is 1. The number of aromatic carboxylic acids is 1. The zero-order chi connectivity index (χ0) is 11.7. The quantitative estimate of drug-likeness (QED) is 0.746. The van der Waals surface area contributed by atoms with Gasteiger partial charge in [0, 0.05) is 18.1 Å². The van der Waals surface area contributed by atoms with Crippen molar-refractivity contribution in [2.75, 3.05) is 5.73 Å². The number of aromatic nitrogens is 2. The number of anilines is 1. The molecular formula is C11H11N3O2. The molecule has 0 aliphatic rings. The van der Waals surface area contributed by atoms with Gasteiger partial charge in [0.25, 0.3) is 0 Å². The van der Waals surface area contributed by atoms with Gasteiger partial charge in [0.15, 0.2) is 0 Å². The van der Waals surface area contributed by atoms with Crippen molar-refractivity contribution < 1.29 is 9.90 Å². The van der Waals surface area contributed by atoms with Crippen LogP contribution in [-0.4, -0.2) is 20.6 Å². The molecule has 2 aromatic rings. The van der Waals surface area contributed by atoms with Crippen molar-refractivity contribution in [3.8, 4) is 5.69 Å². The predicted octanol–water partition coefficient (Wildman–Crippen LogP) is 1.46. The van der Waals surface area contributed by atoms with Gasteiger partial charge in [-0.05, 0) is 25.1 Å². The highest BCUT2D eigenvalue weighted by Crippen LogP contribution is 2.19. The lowest BCUT2D eigenvalue weighted by molar-refractivity contribution is 0.0697. The maximum Gasteiger partial charge on any atom is 0.337 e. The van der Waals surface area contributed by atoms with Crippen molar-refractivity contribution in [1.29, 1.82) is 0 Å². The predicted molar refractivity (Wildman–Crippen MR) is 59.7 cm³/mol.